The lowest BCUT2D eigenvalue weighted by Gasteiger charge is -2.32. The Labute approximate surface area is 189 Å². The molecule has 2 aliphatic heterocycles. The predicted molar refractivity (Wildman–Crippen MR) is 124 cm³/mol. The van der Waals surface area contributed by atoms with Crippen molar-refractivity contribution in [1.29, 1.82) is 0 Å². The summed E-state index contributed by atoms with van der Waals surface area (Å²) in [7, 11) is 1.86. The molecule has 1 atom stereocenters. The van der Waals surface area contributed by atoms with Crippen LogP contribution < -0.4 is 5.32 Å². The van der Waals surface area contributed by atoms with Gasteiger partial charge in [0.25, 0.3) is 0 Å². The SMILES string of the molecule is CN=C(NCc1cccnc1-n1ccnc1C)N1CCC(N2CCOCC2)C1.I. The van der Waals surface area contributed by atoms with E-state index in [0.717, 1.165) is 62.6 Å². The van der Waals surface area contributed by atoms with Crippen LogP contribution in [0, 0.1) is 6.92 Å². The number of likely N-dealkylation sites (tertiary alicyclic amines) is 1. The van der Waals surface area contributed by atoms with Gasteiger partial charge in [0.2, 0.25) is 0 Å². The molecule has 1 N–H and O–H groups in total. The van der Waals surface area contributed by atoms with Crippen LogP contribution in [0.25, 0.3) is 5.82 Å². The number of ether oxygens (including phenoxy) is 1. The van der Waals surface area contributed by atoms with Crippen LogP contribution in [-0.2, 0) is 11.3 Å². The Bertz CT molecular complexity index is 819. The summed E-state index contributed by atoms with van der Waals surface area (Å²) in [6.07, 6.45) is 6.74. The topological polar surface area (TPSA) is 70.8 Å². The highest BCUT2D eigenvalue weighted by Crippen LogP contribution is 2.18. The summed E-state index contributed by atoms with van der Waals surface area (Å²) < 4.78 is 7.51. The first kappa shape index (κ1) is 22.0. The molecule has 2 aromatic heterocycles. The van der Waals surface area contributed by atoms with Gasteiger partial charge < -0.3 is 15.0 Å². The second kappa shape index (κ2) is 10.4. The Balaban J connectivity index is 0.00000240. The van der Waals surface area contributed by atoms with E-state index in [9.17, 15) is 0 Å². The maximum absolute atomic E-state index is 5.49. The highest BCUT2D eigenvalue weighted by molar-refractivity contribution is 14.0. The van der Waals surface area contributed by atoms with Crippen LogP contribution in [0.2, 0.25) is 0 Å². The number of imidazole rings is 1. The zero-order chi connectivity index (χ0) is 19.3. The summed E-state index contributed by atoms with van der Waals surface area (Å²) in [5.74, 6) is 2.79. The first-order chi connectivity index (χ1) is 13.8. The number of nitrogens with one attached hydrogen (secondary N) is 1. The van der Waals surface area contributed by atoms with E-state index < -0.39 is 0 Å². The Hall–Kier alpha value is -1.72. The van der Waals surface area contributed by atoms with Gasteiger partial charge in [0.05, 0.1) is 13.2 Å². The third-order valence-electron chi connectivity index (χ3n) is 5.60. The van der Waals surface area contributed by atoms with Gasteiger partial charge in [-0.1, -0.05) is 6.07 Å². The number of pyridine rings is 1. The molecule has 2 fully saturated rings. The van der Waals surface area contributed by atoms with E-state index in [1.807, 2.05) is 37.0 Å². The van der Waals surface area contributed by atoms with E-state index in [1.165, 1.54) is 6.42 Å². The summed E-state index contributed by atoms with van der Waals surface area (Å²) in [6, 6.07) is 4.66. The Morgan fingerprint density at radius 2 is 2.07 bits per heavy atom. The highest BCUT2D eigenvalue weighted by atomic mass is 127. The minimum atomic E-state index is 0. The average molecular weight is 511 g/mol. The molecule has 0 aromatic carbocycles. The van der Waals surface area contributed by atoms with E-state index >= 15 is 0 Å². The summed E-state index contributed by atoms with van der Waals surface area (Å²) in [5.41, 5.74) is 1.12. The van der Waals surface area contributed by atoms with E-state index in [-0.39, 0.29) is 24.0 Å². The number of aliphatic imine (C=N–C) groups is 1. The van der Waals surface area contributed by atoms with Gasteiger partial charge in [-0.05, 0) is 19.4 Å². The Morgan fingerprint density at radius 1 is 1.24 bits per heavy atom. The number of morpholine rings is 1. The molecular weight excluding hydrogens is 481 g/mol. The summed E-state index contributed by atoms with van der Waals surface area (Å²) in [4.78, 5) is 18.3. The van der Waals surface area contributed by atoms with E-state index in [0.29, 0.717) is 12.6 Å². The van der Waals surface area contributed by atoms with Gasteiger partial charge in [-0.25, -0.2) is 9.97 Å². The van der Waals surface area contributed by atoms with Gasteiger partial charge in [0.1, 0.15) is 11.6 Å². The molecule has 4 rings (SSSR count). The molecule has 0 aliphatic carbocycles. The molecule has 29 heavy (non-hydrogen) atoms. The number of hydrogen-bond donors (Lipinski definition) is 1. The Kier molecular flexibility index (Phi) is 7.84. The first-order valence-corrected chi connectivity index (χ1v) is 9.98. The number of guanidine groups is 1. The summed E-state index contributed by atoms with van der Waals surface area (Å²) in [6.45, 7) is 8.47. The molecule has 0 amide bonds. The second-order valence-electron chi connectivity index (χ2n) is 7.27. The number of aryl methyl sites for hydroxylation is 1. The van der Waals surface area contributed by atoms with E-state index in [2.05, 4.69) is 36.1 Å². The normalized spacial score (nSPS) is 20.6. The van der Waals surface area contributed by atoms with Gasteiger partial charge in [-0.3, -0.25) is 14.5 Å². The largest absolute Gasteiger partial charge is 0.379 e. The van der Waals surface area contributed by atoms with Crippen LogP contribution >= 0.6 is 24.0 Å². The van der Waals surface area contributed by atoms with Crippen LogP contribution in [0.1, 0.15) is 17.8 Å². The second-order valence-corrected chi connectivity index (χ2v) is 7.27. The molecule has 2 aliphatic rings. The molecule has 0 radical (unpaired) electrons. The van der Waals surface area contributed by atoms with Gasteiger partial charge in [-0.2, -0.15) is 0 Å². The van der Waals surface area contributed by atoms with Crippen LogP contribution in [-0.4, -0.2) is 82.8 Å². The fourth-order valence-corrected chi connectivity index (χ4v) is 4.07. The predicted octanol–water partition coefficient (Wildman–Crippen LogP) is 1.68. The summed E-state index contributed by atoms with van der Waals surface area (Å²) >= 11 is 0. The van der Waals surface area contributed by atoms with Crippen molar-refractivity contribution in [3.05, 3.63) is 42.1 Å². The van der Waals surface area contributed by atoms with E-state index in [1.54, 1.807) is 6.20 Å². The van der Waals surface area contributed by atoms with Crippen LogP contribution in [0.3, 0.4) is 0 Å². The van der Waals surface area contributed by atoms with Gasteiger partial charge in [0, 0.05) is 70.0 Å². The van der Waals surface area contributed by atoms with Crippen molar-refractivity contribution in [2.45, 2.75) is 25.9 Å². The lowest BCUT2D eigenvalue weighted by molar-refractivity contribution is 0.0195. The standard InChI is InChI=1S/C20H29N7O.HI/c1-16-22-7-9-27(16)19-17(4-3-6-23-19)14-24-20(21-2)26-8-5-18(15-26)25-10-12-28-13-11-25;/h3-4,6-7,9,18H,5,8,10-15H2,1-2H3,(H,21,24);1H. The Morgan fingerprint density at radius 3 is 2.79 bits per heavy atom. The molecule has 8 nitrogen and oxygen atoms in total. The van der Waals surface area contributed by atoms with Gasteiger partial charge >= 0.3 is 0 Å². The van der Waals surface area contributed by atoms with Crippen LogP contribution in [0.4, 0.5) is 0 Å². The van der Waals surface area contributed by atoms with Crippen molar-refractivity contribution in [3.8, 4) is 5.82 Å². The fraction of sp³-hybridized carbons (Fsp3) is 0.550. The average Bonchev–Trinajstić information content (AvgIpc) is 3.39. The smallest absolute Gasteiger partial charge is 0.193 e. The first-order valence-electron chi connectivity index (χ1n) is 9.98. The van der Waals surface area contributed by atoms with Crippen molar-refractivity contribution in [1.82, 2.24) is 29.7 Å². The lowest BCUT2D eigenvalue weighted by atomic mass is 10.2. The number of halogens is 1. The minimum absolute atomic E-state index is 0. The third kappa shape index (κ3) is 5.07. The van der Waals surface area contributed by atoms with Crippen molar-refractivity contribution >= 4 is 29.9 Å². The van der Waals surface area contributed by atoms with Crippen LogP contribution in [0.5, 0.6) is 0 Å². The molecule has 9 heteroatoms. The molecule has 158 valence electrons. The maximum atomic E-state index is 5.49. The molecule has 2 saturated heterocycles. The van der Waals surface area contributed by atoms with Crippen molar-refractivity contribution in [2.24, 2.45) is 4.99 Å². The fourth-order valence-electron chi connectivity index (χ4n) is 4.07. The molecule has 4 heterocycles. The molecule has 0 bridgehead atoms. The zero-order valence-electron chi connectivity index (χ0n) is 17.1. The van der Waals surface area contributed by atoms with Crippen molar-refractivity contribution < 1.29 is 4.74 Å². The molecule has 2 aromatic rings. The van der Waals surface area contributed by atoms with E-state index in [4.69, 9.17) is 4.74 Å². The zero-order valence-corrected chi connectivity index (χ0v) is 19.5. The number of hydrogen-bond acceptors (Lipinski definition) is 5. The van der Waals surface area contributed by atoms with Gasteiger partial charge in [0.15, 0.2) is 5.96 Å². The molecule has 0 spiro atoms. The number of aromatic nitrogens is 3. The summed E-state index contributed by atoms with van der Waals surface area (Å²) in [5, 5.41) is 3.53. The van der Waals surface area contributed by atoms with Gasteiger partial charge in [-0.15, -0.1) is 24.0 Å². The molecular formula is C20H30IN7O. The maximum Gasteiger partial charge on any atom is 0.193 e. The van der Waals surface area contributed by atoms with Crippen LogP contribution in [0.15, 0.2) is 35.7 Å². The monoisotopic (exact) mass is 511 g/mol. The molecule has 1 unspecified atom stereocenters. The quantitative estimate of drug-likeness (QED) is 0.383. The number of rotatable bonds is 4. The minimum Gasteiger partial charge on any atom is -0.379 e. The van der Waals surface area contributed by atoms with Crippen molar-refractivity contribution in [3.63, 3.8) is 0 Å². The van der Waals surface area contributed by atoms with Crippen molar-refractivity contribution in [2.75, 3.05) is 46.4 Å². The third-order valence-corrected chi connectivity index (χ3v) is 5.60. The number of nitrogens with zero attached hydrogens (tertiary/aromatic N) is 6. The lowest BCUT2D eigenvalue weighted by Crippen LogP contribution is -2.46. The highest BCUT2D eigenvalue weighted by Gasteiger charge is 2.30. The molecule has 0 saturated carbocycles.